The fraction of sp³-hybridized carbons (Fsp3) is 0.351. The number of nitrogens with zero attached hydrogens (tertiary/aromatic N) is 2. The Labute approximate surface area is 307 Å². The van der Waals surface area contributed by atoms with Crippen molar-refractivity contribution in [3.8, 4) is 0 Å². The van der Waals surface area contributed by atoms with Crippen molar-refractivity contribution in [1.29, 1.82) is 0 Å². The molecule has 1 aromatic heterocycles. The first-order valence-electron chi connectivity index (χ1n) is 16.5. The number of aromatic nitrogens is 1. The molecule has 11 nitrogen and oxygen atoms in total. The number of para-hydroxylation sites is 1. The number of rotatable bonds is 14. The minimum absolute atomic E-state index is 0.00751. The molecule has 0 saturated carbocycles. The SMILES string of the molecule is Cc1ccccc1CNC(=O)[C@H]1N(C(=O)[C@@H](O)[C@H](Cc2ccccc2)NC(=O)[C@@H](CSc2ccc3ccccc3n2)NS(C)(=O)=O)CSC1(C)C. The lowest BCUT2D eigenvalue weighted by Crippen LogP contribution is -2.60. The van der Waals surface area contributed by atoms with Gasteiger partial charge in [0.2, 0.25) is 21.8 Å². The van der Waals surface area contributed by atoms with E-state index in [9.17, 15) is 27.9 Å². The second-order valence-corrected chi connectivity index (χ2v) is 17.5. The molecule has 1 fully saturated rings. The third kappa shape index (κ3) is 10.1. The number of thioether (sulfide) groups is 2. The summed E-state index contributed by atoms with van der Waals surface area (Å²) < 4.78 is 26.5. The molecule has 14 heteroatoms. The van der Waals surface area contributed by atoms with Crippen LogP contribution in [0.2, 0.25) is 0 Å². The quantitative estimate of drug-likeness (QED) is 0.141. The smallest absolute Gasteiger partial charge is 0.254 e. The van der Waals surface area contributed by atoms with E-state index in [1.54, 1.807) is 30.3 Å². The van der Waals surface area contributed by atoms with Crippen molar-refractivity contribution >= 4 is 62.2 Å². The van der Waals surface area contributed by atoms with E-state index in [-0.39, 0.29) is 30.5 Å². The molecule has 1 aliphatic heterocycles. The number of benzene rings is 3. The molecular weight excluding hydrogens is 707 g/mol. The Bertz CT molecular complexity index is 1980. The molecule has 4 atom stereocenters. The standard InChI is InChI=1S/C37H43N5O6S3/c1-24-12-8-9-16-27(24)21-38-35(45)33-37(2,3)50-23-42(33)36(46)32(43)29(20-25-13-6-5-7-14-25)40-34(44)30(41-51(4,47)48)22-49-31-19-18-26-15-10-11-17-28(26)39-31/h5-19,29-30,32-33,41,43H,20-23H2,1-4H3,(H,38,45)(H,40,44)/t29-,30+,32-,33+/m0/s1. The number of aryl methyl sites for hydroxylation is 1. The first kappa shape index (κ1) is 38.3. The highest BCUT2D eigenvalue weighted by atomic mass is 32.2. The van der Waals surface area contributed by atoms with Gasteiger partial charge in [-0.25, -0.2) is 18.1 Å². The van der Waals surface area contributed by atoms with Gasteiger partial charge in [0, 0.05) is 22.4 Å². The van der Waals surface area contributed by atoms with Crippen LogP contribution in [0.3, 0.4) is 0 Å². The van der Waals surface area contributed by atoms with Crippen molar-refractivity contribution in [2.45, 2.75) is 67.7 Å². The Kier molecular flexibility index (Phi) is 12.5. The first-order valence-corrected chi connectivity index (χ1v) is 20.3. The number of amides is 3. The van der Waals surface area contributed by atoms with E-state index in [1.807, 2.05) is 81.4 Å². The van der Waals surface area contributed by atoms with Crippen LogP contribution in [0, 0.1) is 6.92 Å². The average Bonchev–Trinajstić information content (AvgIpc) is 3.43. The number of aliphatic hydroxyl groups is 1. The number of sulfonamides is 1. The van der Waals surface area contributed by atoms with Crippen molar-refractivity contribution < 1.29 is 27.9 Å². The van der Waals surface area contributed by atoms with Crippen LogP contribution in [0.4, 0.5) is 0 Å². The zero-order valence-electron chi connectivity index (χ0n) is 28.9. The number of hydrogen-bond acceptors (Lipinski definition) is 9. The normalized spacial score (nSPS) is 17.4. The van der Waals surface area contributed by atoms with Gasteiger partial charge in [-0.1, -0.05) is 78.9 Å². The largest absolute Gasteiger partial charge is 0.381 e. The number of carbonyl (C=O) groups is 3. The summed E-state index contributed by atoms with van der Waals surface area (Å²) in [6.07, 6.45) is -0.716. The van der Waals surface area contributed by atoms with E-state index in [4.69, 9.17) is 0 Å². The molecule has 0 bridgehead atoms. The van der Waals surface area contributed by atoms with E-state index in [1.165, 1.54) is 28.4 Å². The molecule has 51 heavy (non-hydrogen) atoms. The predicted molar refractivity (Wildman–Crippen MR) is 203 cm³/mol. The van der Waals surface area contributed by atoms with Crippen LogP contribution in [0.25, 0.3) is 10.9 Å². The van der Waals surface area contributed by atoms with Crippen LogP contribution in [-0.4, -0.2) is 88.0 Å². The van der Waals surface area contributed by atoms with E-state index in [2.05, 4.69) is 20.3 Å². The summed E-state index contributed by atoms with van der Waals surface area (Å²) in [4.78, 5) is 47.6. The van der Waals surface area contributed by atoms with Gasteiger partial charge >= 0.3 is 0 Å². The van der Waals surface area contributed by atoms with Gasteiger partial charge in [-0.15, -0.1) is 23.5 Å². The number of nitrogens with one attached hydrogen (secondary N) is 3. The maximum atomic E-state index is 14.1. The van der Waals surface area contributed by atoms with E-state index in [0.29, 0.717) is 5.03 Å². The van der Waals surface area contributed by atoms with Crippen LogP contribution in [0.15, 0.2) is 96.0 Å². The summed E-state index contributed by atoms with van der Waals surface area (Å²) >= 11 is 2.62. The molecule has 4 N–H and O–H groups in total. The molecule has 0 spiro atoms. The lowest BCUT2D eigenvalue weighted by Gasteiger charge is -2.33. The van der Waals surface area contributed by atoms with E-state index >= 15 is 0 Å². The van der Waals surface area contributed by atoms with Crippen LogP contribution in [0.1, 0.15) is 30.5 Å². The number of fused-ring (bicyclic) bond motifs is 1. The van der Waals surface area contributed by atoms with Crippen molar-refractivity contribution in [2.24, 2.45) is 0 Å². The molecule has 0 unspecified atom stereocenters. The fourth-order valence-corrected chi connectivity index (χ4v) is 8.81. The van der Waals surface area contributed by atoms with Crippen molar-refractivity contribution in [1.82, 2.24) is 25.2 Å². The third-order valence-electron chi connectivity index (χ3n) is 8.70. The highest BCUT2D eigenvalue weighted by molar-refractivity contribution is 8.01. The Morgan fingerprint density at radius 1 is 1.00 bits per heavy atom. The van der Waals surface area contributed by atoms with Gasteiger partial charge in [0.25, 0.3) is 5.91 Å². The topological polar surface area (TPSA) is 158 Å². The number of pyridine rings is 1. The van der Waals surface area contributed by atoms with Gasteiger partial charge in [0.15, 0.2) is 6.10 Å². The Hall–Kier alpha value is -3.95. The van der Waals surface area contributed by atoms with Crippen molar-refractivity contribution in [3.63, 3.8) is 0 Å². The molecule has 2 heterocycles. The molecule has 4 aromatic rings. The maximum Gasteiger partial charge on any atom is 0.254 e. The molecule has 270 valence electrons. The number of hydrogen-bond donors (Lipinski definition) is 4. The summed E-state index contributed by atoms with van der Waals surface area (Å²) in [7, 11) is -3.84. The average molecular weight is 750 g/mol. The highest BCUT2D eigenvalue weighted by Gasteiger charge is 2.50. The van der Waals surface area contributed by atoms with E-state index < -0.39 is 50.8 Å². The first-order chi connectivity index (χ1) is 24.2. The summed E-state index contributed by atoms with van der Waals surface area (Å²) in [6, 6.07) is 24.7. The fourth-order valence-electron chi connectivity index (χ4n) is 5.95. The molecule has 3 amide bonds. The zero-order chi connectivity index (χ0) is 36.8. The number of carbonyl (C=O) groups excluding carboxylic acids is 3. The second kappa shape index (κ2) is 16.6. The van der Waals surface area contributed by atoms with Gasteiger partial charge < -0.3 is 20.6 Å². The molecule has 5 rings (SSSR count). The van der Waals surface area contributed by atoms with Crippen molar-refractivity contribution in [3.05, 3.63) is 108 Å². The van der Waals surface area contributed by atoms with Gasteiger partial charge in [-0.3, -0.25) is 14.4 Å². The molecule has 0 radical (unpaired) electrons. The molecule has 1 aliphatic rings. The van der Waals surface area contributed by atoms with E-state index in [0.717, 1.165) is 33.8 Å². The second-order valence-electron chi connectivity index (χ2n) is 13.1. The lowest BCUT2D eigenvalue weighted by molar-refractivity contribution is -0.147. The molecule has 1 saturated heterocycles. The van der Waals surface area contributed by atoms with Gasteiger partial charge in [-0.2, -0.15) is 0 Å². The lowest BCUT2D eigenvalue weighted by atomic mass is 9.97. The zero-order valence-corrected chi connectivity index (χ0v) is 31.4. The number of aliphatic hydroxyl groups excluding tert-OH is 1. The third-order valence-corrected chi connectivity index (χ3v) is 11.8. The predicted octanol–water partition coefficient (Wildman–Crippen LogP) is 3.64. The maximum absolute atomic E-state index is 14.1. The highest BCUT2D eigenvalue weighted by Crippen LogP contribution is 2.40. The Morgan fingerprint density at radius 2 is 1.69 bits per heavy atom. The van der Waals surface area contributed by atoms with Gasteiger partial charge in [-0.05, 0) is 56.0 Å². The summed E-state index contributed by atoms with van der Waals surface area (Å²) in [5.41, 5.74) is 3.47. The minimum Gasteiger partial charge on any atom is -0.381 e. The summed E-state index contributed by atoms with van der Waals surface area (Å²) in [6.45, 7) is 5.99. The van der Waals surface area contributed by atoms with Crippen LogP contribution in [-0.2, 0) is 37.4 Å². The monoisotopic (exact) mass is 749 g/mol. The minimum atomic E-state index is -3.84. The van der Waals surface area contributed by atoms with Crippen LogP contribution < -0.4 is 15.4 Å². The Morgan fingerprint density at radius 3 is 2.41 bits per heavy atom. The summed E-state index contributed by atoms with van der Waals surface area (Å²) in [5, 5.41) is 19.0. The molecular formula is C37H43N5O6S3. The van der Waals surface area contributed by atoms with Crippen molar-refractivity contribution in [2.75, 3.05) is 17.9 Å². The van der Waals surface area contributed by atoms with Gasteiger partial charge in [0.1, 0.15) is 12.1 Å². The van der Waals surface area contributed by atoms with Gasteiger partial charge in [0.05, 0.1) is 28.7 Å². The van der Waals surface area contributed by atoms with Crippen LogP contribution >= 0.6 is 23.5 Å². The molecule has 0 aliphatic carbocycles. The Balaban J connectivity index is 1.35. The summed E-state index contributed by atoms with van der Waals surface area (Å²) in [5.74, 6) is -1.63. The molecule has 3 aromatic carbocycles. The van der Waals surface area contributed by atoms with Crippen LogP contribution in [0.5, 0.6) is 0 Å².